The third-order valence-corrected chi connectivity index (χ3v) is 6.79. The van der Waals surface area contributed by atoms with Crippen LogP contribution in [0, 0.1) is 5.82 Å². The molecule has 0 saturated heterocycles. The molecule has 1 N–H and O–H groups in total. The van der Waals surface area contributed by atoms with Crippen molar-refractivity contribution in [3.63, 3.8) is 0 Å². The third-order valence-electron chi connectivity index (χ3n) is 5.39. The van der Waals surface area contributed by atoms with Crippen LogP contribution in [-0.4, -0.2) is 29.8 Å². The first kappa shape index (κ1) is 21.5. The van der Waals surface area contributed by atoms with Crippen LogP contribution in [0.4, 0.5) is 4.39 Å². The van der Waals surface area contributed by atoms with Crippen molar-refractivity contribution in [1.29, 1.82) is 0 Å². The first-order chi connectivity index (χ1) is 15.0. The van der Waals surface area contributed by atoms with E-state index in [0.29, 0.717) is 18.3 Å². The van der Waals surface area contributed by atoms with Gasteiger partial charge >= 0.3 is 0 Å². The van der Waals surface area contributed by atoms with Crippen LogP contribution in [0.25, 0.3) is 11.3 Å². The topological polar surface area (TPSA) is 86.1 Å². The summed E-state index contributed by atoms with van der Waals surface area (Å²) in [6, 6.07) is 9.65. The van der Waals surface area contributed by atoms with Gasteiger partial charge in [0.2, 0.25) is 10.0 Å². The lowest BCUT2D eigenvalue weighted by molar-refractivity contribution is 0.321. The van der Waals surface area contributed by atoms with Gasteiger partial charge in [-0.2, -0.15) is 5.10 Å². The Bertz CT molecular complexity index is 1140. The smallest absolute Gasteiger partial charge is 0.241 e. The number of hydrogen-bond acceptors (Lipinski definition) is 5. The van der Waals surface area contributed by atoms with Gasteiger partial charge in [-0.25, -0.2) is 17.5 Å². The van der Waals surface area contributed by atoms with E-state index in [1.54, 1.807) is 19.3 Å². The second-order valence-corrected chi connectivity index (χ2v) is 9.26. The Morgan fingerprint density at radius 1 is 1.16 bits per heavy atom. The minimum atomic E-state index is -3.90. The number of nitrogens with zero attached hydrogens (tertiary/aromatic N) is 3. The molecule has 0 spiro atoms. The number of nitrogens with one attached hydrogen (secondary N) is 1. The number of aromatic nitrogens is 3. The highest BCUT2D eigenvalue weighted by Crippen LogP contribution is 2.33. The SMILES string of the molecule is CCOc1ccc(S(=O)(=O)NCc2cc(-c3ccncc3)n(C3CCCC3)n2)cc1F. The second kappa shape index (κ2) is 9.15. The lowest BCUT2D eigenvalue weighted by Crippen LogP contribution is -2.23. The molecule has 0 atom stereocenters. The molecule has 1 saturated carbocycles. The fraction of sp³-hybridized carbons (Fsp3) is 0.364. The van der Waals surface area contributed by atoms with Crippen LogP contribution in [-0.2, 0) is 16.6 Å². The molecule has 3 aromatic rings. The molecule has 0 aliphatic heterocycles. The van der Waals surface area contributed by atoms with Crippen molar-refractivity contribution in [2.45, 2.75) is 50.1 Å². The van der Waals surface area contributed by atoms with Gasteiger partial charge in [-0.1, -0.05) is 12.8 Å². The molecule has 164 valence electrons. The largest absolute Gasteiger partial charge is 0.491 e. The Kier molecular flexibility index (Phi) is 6.33. The van der Waals surface area contributed by atoms with Crippen LogP contribution in [0.5, 0.6) is 5.75 Å². The van der Waals surface area contributed by atoms with Gasteiger partial charge in [0, 0.05) is 18.0 Å². The number of pyridine rings is 1. The molecule has 0 radical (unpaired) electrons. The number of ether oxygens (including phenoxy) is 1. The summed E-state index contributed by atoms with van der Waals surface area (Å²) in [7, 11) is -3.90. The fourth-order valence-electron chi connectivity index (χ4n) is 3.87. The summed E-state index contributed by atoms with van der Waals surface area (Å²) in [4.78, 5) is 3.92. The van der Waals surface area contributed by atoms with E-state index in [1.165, 1.54) is 12.1 Å². The number of rotatable bonds is 8. The van der Waals surface area contributed by atoms with E-state index < -0.39 is 15.8 Å². The van der Waals surface area contributed by atoms with Gasteiger partial charge in [0.25, 0.3) is 0 Å². The lowest BCUT2D eigenvalue weighted by atomic mass is 10.1. The van der Waals surface area contributed by atoms with E-state index >= 15 is 0 Å². The van der Waals surface area contributed by atoms with Gasteiger partial charge in [-0.3, -0.25) is 9.67 Å². The zero-order chi connectivity index (χ0) is 21.8. The minimum Gasteiger partial charge on any atom is -0.491 e. The van der Waals surface area contributed by atoms with Gasteiger partial charge in [-0.15, -0.1) is 0 Å². The van der Waals surface area contributed by atoms with Crippen LogP contribution in [0.15, 0.2) is 53.7 Å². The summed E-state index contributed by atoms with van der Waals surface area (Å²) in [5.74, 6) is -0.686. The van der Waals surface area contributed by atoms with Crippen molar-refractivity contribution in [3.05, 3.63) is 60.3 Å². The highest BCUT2D eigenvalue weighted by Gasteiger charge is 2.23. The fourth-order valence-corrected chi connectivity index (χ4v) is 4.88. The Morgan fingerprint density at radius 3 is 2.58 bits per heavy atom. The maximum atomic E-state index is 14.1. The minimum absolute atomic E-state index is 0.00890. The first-order valence-corrected chi connectivity index (χ1v) is 11.9. The zero-order valence-electron chi connectivity index (χ0n) is 17.3. The predicted octanol–water partition coefficient (Wildman–Crippen LogP) is 4.08. The molecule has 2 heterocycles. The first-order valence-electron chi connectivity index (χ1n) is 10.4. The van der Waals surface area contributed by atoms with E-state index in [0.717, 1.165) is 43.0 Å². The molecular weight excluding hydrogens is 419 g/mol. The summed E-state index contributed by atoms with van der Waals surface area (Å²) in [6.45, 7) is 2.04. The maximum absolute atomic E-state index is 14.1. The average molecular weight is 445 g/mol. The van der Waals surface area contributed by atoms with Crippen molar-refractivity contribution in [3.8, 4) is 17.0 Å². The summed E-state index contributed by atoms with van der Waals surface area (Å²) in [5.41, 5.74) is 2.53. The van der Waals surface area contributed by atoms with Gasteiger partial charge in [0.1, 0.15) is 0 Å². The van der Waals surface area contributed by atoms with Crippen molar-refractivity contribution in [2.24, 2.45) is 0 Å². The standard InChI is InChI=1S/C22H25FN4O3S/c1-2-30-22-8-7-19(14-20(22)23)31(28,29)25-15-17-13-21(16-9-11-24-12-10-16)27(26-17)18-5-3-4-6-18/h7-14,18,25H,2-6,15H2,1H3. The van der Waals surface area contributed by atoms with Crippen LogP contribution >= 0.6 is 0 Å². The van der Waals surface area contributed by atoms with Crippen molar-refractivity contribution < 1.29 is 17.5 Å². The van der Waals surface area contributed by atoms with Crippen LogP contribution in [0.2, 0.25) is 0 Å². The van der Waals surface area contributed by atoms with Crippen LogP contribution < -0.4 is 9.46 Å². The van der Waals surface area contributed by atoms with E-state index in [-0.39, 0.29) is 17.2 Å². The highest BCUT2D eigenvalue weighted by atomic mass is 32.2. The Hall–Kier alpha value is -2.78. The van der Waals surface area contributed by atoms with E-state index in [1.807, 2.05) is 22.9 Å². The van der Waals surface area contributed by atoms with Crippen molar-refractivity contribution in [2.75, 3.05) is 6.61 Å². The molecule has 9 heteroatoms. The zero-order valence-corrected chi connectivity index (χ0v) is 18.1. The highest BCUT2D eigenvalue weighted by molar-refractivity contribution is 7.89. The molecular formula is C22H25FN4O3S. The Morgan fingerprint density at radius 2 is 1.90 bits per heavy atom. The molecule has 4 rings (SSSR count). The molecule has 0 unspecified atom stereocenters. The van der Waals surface area contributed by atoms with Gasteiger partial charge in [0.15, 0.2) is 11.6 Å². The van der Waals surface area contributed by atoms with E-state index in [4.69, 9.17) is 9.84 Å². The number of benzene rings is 1. The van der Waals surface area contributed by atoms with Gasteiger partial charge < -0.3 is 4.74 Å². The quantitative estimate of drug-likeness (QED) is 0.566. The summed E-state index contributed by atoms with van der Waals surface area (Å²) < 4.78 is 49.1. The molecule has 7 nitrogen and oxygen atoms in total. The molecule has 1 aliphatic rings. The summed E-state index contributed by atoms with van der Waals surface area (Å²) in [5, 5.41) is 4.70. The second-order valence-electron chi connectivity index (χ2n) is 7.49. The van der Waals surface area contributed by atoms with E-state index in [2.05, 4.69) is 9.71 Å². The van der Waals surface area contributed by atoms with Crippen molar-refractivity contribution >= 4 is 10.0 Å². The lowest BCUT2D eigenvalue weighted by Gasteiger charge is -2.14. The predicted molar refractivity (Wildman–Crippen MR) is 115 cm³/mol. The third kappa shape index (κ3) is 4.77. The molecule has 31 heavy (non-hydrogen) atoms. The summed E-state index contributed by atoms with van der Waals surface area (Å²) in [6.07, 6.45) is 7.87. The Balaban J connectivity index is 1.56. The normalized spacial score (nSPS) is 14.8. The Labute approximate surface area is 181 Å². The van der Waals surface area contributed by atoms with Crippen LogP contribution in [0.1, 0.15) is 44.3 Å². The molecule has 1 fully saturated rings. The molecule has 1 aromatic carbocycles. The molecule has 2 aromatic heterocycles. The number of sulfonamides is 1. The number of hydrogen-bond donors (Lipinski definition) is 1. The van der Waals surface area contributed by atoms with Gasteiger partial charge in [-0.05, 0) is 56.2 Å². The maximum Gasteiger partial charge on any atom is 0.241 e. The van der Waals surface area contributed by atoms with E-state index in [9.17, 15) is 12.8 Å². The van der Waals surface area contributed by atoms with Gasteiger partial charge in [0.05, 0.1) is 35.5 Å². The molecule has 0 bridgehead atoms. The monoisotopic (exact) mass is 444 g/mol. The average Bonchev–Trinajstić information content (AvgIpc) is 3.44. The van der Waals surface area contributed by atoms with Crippen molar-refractivity contribution in [1.82, 2.24) is 19.5 Å². The molecule has 0 amide bonds. The summed E-state index contributed by atoms with van der Waals surface area (Å²) >= 11 is 0. The van der Waals surface area contributed by atoms with Crippen LogP contribution in [0.3, 0.4) is 0 Å². The number of halogens is 1. The molecule has 1 aliphatic carbocycles.